The molecule has 1 aromatic heterocycles. The van der Waals surface area contributed by atoms with E-state index in [1.807, 2.05) is 35.0 Å². The number of ether oxygens (including phenoxy) is 1. The summed E-state index contributed by atoms with van der Waals surface area (Å²) in [7, 11) is 1.68. The van der Waals surface area contributed by atoms with Crippen molar-refractivity contribution in [3.05, 3.63) is 71.9 Å². The zero-order valence-corrected chi connectivity index (χ0v) is 15.3. The van der Waals surface area contributed by atoms with Crippen LogP contribution in [0.4, 0.5) is 5.82 Å². The molecule has 4 heteroatoms. The Bertz CT molecular complexity index is 815. The van der Waals surface area contributed by atoms with E-state index in [4.69, 9.17) is 9.84 Å². The number of anilines is 1. The number of aromatic nitrogens is 2. The lowest BCUT2D eigenvalue weighted by Gasteiger charge is -2.14. The Morgan fingerprint density at radius 3 is 2.28 bits per heavy atom. The lowest BCUT2D eigenvalue weighted by Crippen LogP contribution is -2.12. The van der Waals surface area contributed by atoms with E-state index in [1.165, 1.54) is 5.56 Å². The van der Waals surface area contributed by atoms with E-state index in [1.54, 1.807) is 7.11 Å². The van der Waals surface area contributed by atoms with Gasteiger partial charge in [-0.25, -0.2) is 4.68 Å². The molecule has 0 aliphatic carbocycles. The minimum atomic E-state index is -0.00340. The number of benzene rings is 2. The molecule has 0 amide bonds. The van der Waals surface area contributed by atoms with E-state index in [9.17, 15) is 0 Å². The third kappa shape index (κ3) is 4.02. The van der Waals surface area contributed by atoms with Gasteiger partial charge in [0.05, 0.1) is 18.5 Å². The summed E-state index contributed by atoms with van der Waals surface area (Å²) in [5.74, 6) is 1.86. The fourth-order valence-corrected chi connectivity index (χ4v) is 2.58. The van der Waals surface area contributed by atoms with Crippen molar-refractivity contribution in [2.75, 3.05) is 12.4 Å². The van der Waals surface area contributed by atoms with Crippen LogP contribution in [0, 0.1) is 0 Å². The molecule has 130 valence electrons. The van der Waals surface area contributed by atoms with Gasteiger partial charge in [-0.3, -0.25) is 0 Å². The highest BCUT2D eigenvalue weighted by Gasteiger charge is 2.20. The van der Waals surface area contributed by atoms with Crippen molar-refractivity contribution in [1.82, 2.24) is 9.78 Å². The largest absolute Gasteiger partial charge is 0.497 e. The quantitative estimate of drug-likeness (QED) is 0.728. The van der Waals surface area contributed by atoms with Crippen LogP contribution in [-0.2, 0) is 12.0 Å². The summed E-state index contributed by atoms with van der Waals surface area (Å²) < 4.78 is 7.19. The molecule has 25 heavy (non-hydrogen) atoms. The zero-order chi connectivity index (χ0) is 17.9. The lowest BCUT2D eigenvalue weighted by atomic mass is 9.92. The highest BCUT2D eigenvalue weighted by molar-refractivity contribution is 5.48. The number of rotatable bonds is 5. The average molecular weight is 335 g/mol. The van der Waals surface area contributed by atoms with Gasteiger partial charge in [0.1, 0.15) is 11.6 Å². The first-order chi connectivity index (χ1) is 12.0. The number of methoxy groups -OCH3 is 1. The topological polar surface area (TPSA) is 39.1 Å². The van der Waals surface area contributed by atoms with E-state index in [2.05, 4.69) is 56.4 Å². The Hall–Kier alpha value is -2.75. The maximum Gasteiger partial charge on any atom is 0.130 e. The molecule has 2 aromatic carbocycles. The summed E-state index contributed by atoms with van der Waals surface area (Å²) in [5.41, 5.74) is 3.30. The molecule has 3 aromatic rings. The Kier molecular flexibility index (Phi) is 4.79. The molecular weight excluding hydrogens is 310 g/mol. The second-order valence-corrected chi connectivity index (χ2v) is 7.11. The van der Waals surface area contributed by atoms with E-state index >= 15 is 0 Å². The van der Waals surface area contributed by atoms with Crippen molar-refractivity contribution < 1.29 is 4.74 Å². The molecule has 0 spiro atoms. The third-order valence-corrected chi connectivity index (χ3v) is 4.11. The summed E-state index contributed by atoms with van der Waals surface area (Å²) in [6.45, 7) is 7.26. The molecular formula is C21H25N3O. The summed E-state index contributed by atoms with van der Waals surface area (Å²) in [6, 6.07) is 20.4. The first kappa shape index (κ1) is 17.1. The number of hydrogen-bond acceptors (Lipinski definition) is 3. The molecule has 0 fully saturated rings. The fourth-order valence-electron chi connectivity index (χ4n) is 2.58. The maximum absolute atomic E-state index is 5.22. The smallest absolute Gasteiger partial charge is 0.130 e. The molecule has 0 aliphatic heterocycles. The maximum atomic E-state index is 5.22. The van der Waals surface area contributed by atoms with Crippen molar-refractivity contribution in [3.8, 4) is 11.4 Å². The number of hydrogen-bond donors (Lipinski definition) is 1. The van der Waals surface area contributed by atoms with Crippen molar-refractivity contribution in [1.29, 1.82) is 0 Å². The highest BCUT2D eigenvalue weighted by atomic mass is 16.5. The van der Waals surface area contributed by atoms with Crippen LogP contribution in [0.25, 0.3) is 5.69 Å². The van der Waals surface area contributed by atoms with Gasteiger partial charge < -0.3 is 10.1 Å². The molecule has 0 saturated heterocycles. The summed E-state index contributed by atoms with van der Waals surface area (Å²) in [5, 5.41) is 8.34. The zero-order valence-electron chi connectivity index (χ0n) is 15.3. The van der Waals surface area contributed by atoms with Gasteiger partial charge >= 0.3 is 0 Å². The van der Waals surface area contributed by atoms with Crippen LogP contribution in [0.1, 0.15) is 32.0 Å². The second-order valence-electron chi connectivity index (χ2n) is 7.11. The molecule has 3 rings (SSSR count). The van der Waals surface area contributed by atoms with Crippen molar-refractivity contribution in [2.24, 2.45) is 0 Å². The molecule has 0 saturated carbocycles. The summed E-state index contributed by atoms with van der Waals surface area (Å²) in [6.07, 6.45) is 0. The number of nitrogens with one attached hydrogen (secondary N) is 1. The van der Waals surface area contributed by atoms with E-state index in [0.29, 0.717) is 0 Å². The molecule has 0 aliphatic rings. The monoisotopic (exact) mass is 335 g/mol. The van der Waals surface area contributed by atoms with Crippen LogP contribution in [0.15, 0.2) is 60.7 Å². The molecule has 1 N–H and O–H groups in total. The summed E-state index contributed by atoms with van der Waals surface area (Å²) >= 11 is 0. The fraction of sp³-hybridized carbons (Fsp3) is 0.286. The Morgan fingerprint density at radius 2 is 1.68 bits per heavy atom. The molecule has 0 unspecified atom stereocenters. The van der Waals surface area contributed by atoms with Crippen molar-refractivity contribution in [2.45, 2.75) is 32.7 Å². The first-order valence-corrected chi connectivity index (χ1v) is 8.50. The van der Waals surface area contributed by atoms with Crippen LogP contribution in [0.3, 0.4) is 0 Å². The molecule has 0 bridgehead atoms. The standard InChI is InChI=1S/C21H25N3O/c1-21(2,3)19-14-20(24(23-19)17-8-6-5-7-9-17)22-15-16-10-12-18(25-4)13-11-16/h5-14,22H,15H2,1-4H3. The van der Waals surface area contributed by atoms with Crippen LogP contribution >= 0.6 is 0 Å². The van der Waals surface area contributed by atoms with Crippen LogP contribution in [0.5, 0.6) is 5.75 Å². The Balaban J connectivity index is 1.87. The van der Waals surface area contributed by atoms with Crippen molar-refractivity contribution >= 4 is 5.82 Å². The van der Waals surface area contributed by atoms with E-state index < -0.39 is 0 Å². The van der Waals surface area contributed by atoms with E-state index in [0.717, 1.165) is 29.5 Å². The lowest BCUT2D eigenvalue weighted by molar-refractivity contribution is 0.414. The molecule has 0 radical (unpaired) electrons. The third-order valence-electron chi connectivity index (χ3n) is 4.11. The predicted octanol–water partition coefficient (Wildman–Crippen LogP) is 4.79. The molecule has 1 heterocycles. The highest BCUT2D eigenvalue weighted by Crippen LogP contribution is 2.26. The van der Waals surface area contributed by atoms with Gasteiger partial charge in [0, 0.05) is 18.0 Å². The minimum Gasteiger partial charge on any atom is -0.497 e. The van der Waals surface area contributed by atoms with Gasteiger partial charge in [-0.2, -0.15) is 5.10 Å². The van der Waals surface area contributed by atoms with Gasteiger partial charge in [-0.15, -0.1) is 0 Å². The predicted molar refractivity (Wildman–Crippen MR) is 103 cm³/mol. The summed E-state index contributed by atoms with van der Waals surface area (Å²) in [4.78, 5) is 0. The Labute approximate surface area is 149 Å². The van der Waals surface area contributed by atoms with E-state index in [-0.39, 0.29) is 5.41 Å². The van der Waals surface area contributed by atoms with Gasteiger partial charge in [-0.1, -0.05) is 51.1 Å². The second kappa shape index (κ2) is 7.01. The average Bonchev–Trinajstić information content (AvgIpc) is 3.06. The Morgan fingerprint density at radius 1 is 1.00 bits per heavy atom. The number of nitrogens with zero attached hydrogens (tertiary/aromatic N) is 2. The van der Waals surface area contributed by atoms with Gasteiger partial charge in [0.2, 0.25) is 0 Å². The van der Waals surface area contributed by atoms with Gasteiger partial charge in [0.15, 0.2) is 0 Å². The van der Waals surface area contributed by atoms with Crippen LogP contribution in [0.2, 0.25) is 0 Å². The molecule has 0 atom stereocenters. The van der Waals surface area contributed by atoms with Gasteiger partial charge in [0.25, 0.3) is 0 Å². The number of para-hydroxylation sites is 1. The molecule has 4 nitrogen and oxygen atoms in total. The van der Waals surface area contributed by atoms with Gasteiger partial charge in [-0.05, 0) is 29.8 Å². The first-order valence-electron chi connectivity index (χ1n) is 8.50. The minimum absolute atomic E-state index is 0.00340. The van der Waals surface area contributed by atoms with Crippen LogP contribution in [-0.4, -0.2) is 16.9 Å². The van der Waals surface area contributed by atoms with Crippen LogP contribution < -0.4 is 10.1 Å². The van der Waals surface area contributed by atoms with Crippen molar-refractivity contribution in [3.63, 3.8) is 0 Å². The SMILES string of the molecule is COc1ccc(CNc2cc(C(C)(C)C)nn2-c2ccccc2)cc1. The normalized spacial score (nSPS) is 11.4.